The van der Waals surface area contributed by atoms with E-state index in [2.05, 4.69) is 5.32 Å². The molecule has 1 fully saturated rings. The van der Waals surface area contributed by atoms with E-state index in [0.29, 0.717) is 11.3 Å². The molecule has 18 heavy (non-hydrogen) atoms. The smallest absolute Gasteiger partial charge is 0.251 e. The minimum absolute atomic E-state index is 0. The molecule has 5 heteroatoms. The summed E-state index contributed by atoms with van der Waals surface area (Å²) in [6.07, 6.45) is 1.76. The van der Waals surface area contributed by atoms with Crippen LogP contribution in [0.4, 0.5) is 5.69 Å². The SMILES string of the molecule is Cc1ccc(N)cc1C(=O)NC1CCOCC1.Cl. The summed E-state index contributed by atoms with van der Waals surface area (Å²) < 4.78 is 5.26. The van der Waals surface area contributed by atoms with Gasteiger partial charge in [-0.3, -0.25) is 4.79 Å². The van der Waals surface area contributed by atoms with Crippen molar-refractivity contribution in [2.75, 3.05) is 18.9 Å². The third kappa shape index (κ3) is 3.62. The van der Waals surface area contributed by atoms with Crippen LogP contribution in [-0.4, -0.2) is 25.2 Å². The van der Waals surface area contributed by atoms with Crippen molar-refractivity contribution < 1.29 is 9.53 Å². The molecule has 100 valence electrons. The van der Waals surface area contributed by atoms with Crippen LogP contribution < -0.4 is 11.1 Å². The number of nitrogens with two attached hydrogens (primary N) is 1. The van der Waals surface area contributed by atoms with E-state index in [1.165, 1.54) is 0 Å². The number of carbonyl (C=O) groups excluding carboxylic acids is 1. The molecule has 0 spiro atoms. The summed E-state index contributed by atoms with van der Waals surface area (Å²) in [5.74, 6) is -0.0401. The molecule has 1 heterocycles. The van der Waals surface area contributed by atoms with Crippen LogP contribution >= 0.6 is 12.4 Å². The number of carbonyl (C=O) groups is 1. The normalized spacial score (nSPS) is 15.8. The molecule has 3 N–H and O–H groups in total. The van der Waals surface area contributed by atoms with Gasteiger partial charge in [0.1, 0.15) is 0 Å². The van der Waals surface area contributed by atoms with Crippen LogP contribution in [0.2, 0.25) is 0 Å². The number of anilines is 1. The monoisotopic (exact) mass is 270 g/mol. The van der Waals surface area contributed by atoms with Crippen molar-refractivity contribution in [2.24, 2.45) is 0 Å². The van der Waals surface area contributed by atoms with Gasteiger partial charge in [0.15, 0.2) is 0 Å². The Hall–Kier alpha value is -1.26. The van der Waals surface area contributed by atoms with E-state index in [4.69, 9.17) is 10.5 Å². The van der Waals surface area contributed by atoms with Gasteiger partial charge in [0.2, 0.25) is 0 Å². The van der Waals surface area contributed by atoms with Gasteiger partial charge in [-0.2, -0.15) is 0 Å². The first-order valence-corrected chi connectivity index (χ1v) is 5.91. The largest absolute Gasteiger partial charge is 0.399 e. The fraction of sp³-hybridized carbons (Fsp3) is 0.462. The zero-order chi connectivity index (χ0) is 12.3. The molecular formula is C13H19ClN2O2. The van der Waals surface area contributed by atoms with Crippen molar-refractivity contribution in [1.82, 2.24) is 5.32 Å². The van der Waals surface area contributed by atoms with Crippen LogP contribution in [-0.2, 0) is 4.74 Å². The Kier molecular flexibility index (Phi) is 5.44. The third-order valence-corrected chi connectivity index (χ3v) is 3.06. The number of hydrogen-bond donors (Lipinski definition) is 2. The van der Waals surface area contributed by atoms with Gasteiger partial charge in [-0.25, -0.2) is 0 Å². The van der Waals surface area contributed by atoms with Gasteiger partial charge >= 0.3 is 0 Å². The molecule has 1 saturated heterocycles. The number of benzene rings is 1. The molecule has 0 aromatic heterocycles. The predicted molar refractivity (Wildman–Crippen MR) is 74.1 cm³/mol. The summed E-state index contributed by atoms with van der Waals surface area (Å²) in [4.78, 5) is 12.1. The number of ether oxygens (including phenoxy) is 1. The highest BCUT2D eigenvalue weighted by atomic mass is 35.5. The highest BCUT2D eigenvalue weighted by Crippen LogP contribution is 2.14. The van der Waals surface area contributed by atoms with Crippen molar-refractivity contribution >= 4 is 24.0 Å². The standard InChI is InChI=1S/C13H18N2O2.ClH/c1-9-2-3-10(14)8-12(9)13(16)15-11-4-6-17-7-5-11;/h2-3,8,11H,4-7,14H2,1H3,(H,15,16);1H. The van der Waals surface area contributed by atoms with Crippen molar-refractivity contribution in [3.8, 4) is 0 Å². The highest BCUT2D eigenvalue weighted by Gasteiger charge is 2.17. The van der Waals surface area contributed by atoms with Crippen LogP contribution in [0, 0.1) is 6.92 Å². The molecule has 0 radical (unpaired) electrons. The molecule has 1 aliphatic heterocycles. The Labute approximate surface area is 113 Å². The molecule has 1 aliphatic rings. The molecule has 1 amide bonds. The minimum atomic E-state index is -0.0401. The topological polar surface area (TPSA) is 64.4 Å². The van der Waals surface area contributed by atoms with Crippen LogP contribution in [0.5, 0.6) is 0 Å². The van der Waals surface area contributed by atoms with Crippen LogP contribution in [0.25, 0.3) is 0 Å². The maximum Gasteiger partial charge on any atom is 0.251 e. The molecule has 1 aromatic carbocycles. The summed E-state index contributed by atoms with van der Waals surface area (Å²) in [5.41, 5.74) is 7.93. The highest BCUT2D eigenvalue weighted by molar-refractivity contribution is 5.96. The Morgan fingerprint density at radius 1 is 1.39 bits per heavy atom. The zero-order valence-corrected chi connectivity index (χ0v) is 11.3. The van der Waals surface area contributed by atoms with Gasteiger partial charge in [0, 0.05) is 30.5 Å². The lowest BCUT2D eigenvalue weighted by Gasteiger charge is -2.23. The average molecular weight is 271 g/mol. The first-order chi connectivity index (χ1) is 8.16. The molecule has 0 bridgehead atoms. The van der Waals surface area contributed by atoms with E-state index in [1.807, 2.05) is 13.0 Å². The summed E-state index contributed by atoms with van der Waals surface area (Å²) in [5, 5.41) is 3.03. The summed E-state index contributed by atoms with van der Waals surface area (Å²) in [7, 11) is 0. The minimum Gasteiger partial charge on any atom is -0.399 e. The van der Waals surface area contributed by atoms with E-state index in [0.717, 1.165) is 31.6 Å². The number of nitrogen functional groups attached to an aromatic ring is 1. The lowest BCUT2D eigenvalue weighted by Crippen LogP contribution is -2.39. The maximum atomic E-state index is 12.1. The first kappa shape index (κ1) is 14.8. The van der Waals surface area contributed by atoms with Crippen molar-refractivity contribution in [3.63, 3.8) is 0 Å². The van der Waals surface area contributed by atoms with Gasteiger partial charge < -0.3 is 15.8 Å². The molecule has 0 atom stereocenters. The summed E-state index contributed by atoms with van der Waals surface area (Å²) in [6.45, 7) is 3.36. The number of amides is 1. The number of aryl methyl sites for hydroxylation is 1. The fourth-order valence-corrected chi connectivity index (χ4v) is 1.99. The quantitative estimate of drug-likeness (QED) is 0.807. The zero-order valence-electron chi connectivity index (χ0n) is 10.4. The average Bonchev–Trinajstić information content (AvgIpc) is 2.33. The Bertz CT molecular complexity index is 417. The Morgan fingerprint density at radius 3 is 2.72 bits per heavy atom. The van der Waals surface area contributed by atoms with Gasteiger partial charge in [-0.15, -0.1) is 12.4 Å². The summed E-state index contributed by atoms with van der Waals surface area (Å²) in [6, 6.07) is 5.62. The van der Waals surface area contributed by atoms with E-state index in [1.54, 1.807) is 12.1 Å². The molecule has 0 saturated carbocycles. The van der Waals surface area contributed by atoms with E-state index in [9.17, 15) is 4.79 Å². The second kappa shape index (κ2) is 6.61. The molecule has 2 rings (SSSR count). The van der Waals surface area contributed by atoms with E-state index in [-0.39, 0.29) is 24.4 Å². The van der Waals surface area contributed by atoms with Crippen molar-refractivity contribution in [3.05, 3.63) is 29.3 Å². The van der Waals surface area contributed by atoms with Crippen LogP contribution in [0.15, 0.2) is 18.2 Å². The molecule has 0 aliphatic carbocycles. The lowest BCUT2D eigenvalue weighted by atomic mass is 10.0. The molecular weight excluding hydrogens is 252 g/mol. The predicted octanol–water partition coefficient (Wildman–Crippen LogP) is 1.91. The van der Waals surface area contributed by atoms with Crippen molar-refractivity contribution in [1.29, 1.82) is 0 Å². The number of nitrogens with one attached hydrogen (secondary N) is 1. The molecule has 0 unspecified atom stereocenters. The van der Waals surface area contributed by atoms with Crippen molar-refractivity contribution in [2.45, 2.75) is 25.8 Å². The maximum absolute atomic E-state index is 12.1. The Balaban J connectivity index is 0.00000162. The van der Waals surface area contributed by atoms with Crippen LogP contribution in [0.1, 0.15) is 28.8 Å². The number of halogens is 1. The molecule has 4 nitrogen and oxygen atoms in total. The Morgan fingerprint density at radius 2 is 2.06 bits per heavy atom. The van der Waals surface area contributed by atoms with Gasteiger partial charge in [0.25, 0.3) is 5.91 Å². The van der Waals surface area contributed by atoms with Gasteiger partial charge in [0.05, 0.1) is 0 Å². The third-order valence-electron chi connectivity index (χ3n) is 3.06. The second-order valence-electron chi connectivity index (χ2n) is 4.43. The van der Waals surface area contributed by atoms with Gasteiger partial charge in [-0.1, -0.05) is 6.07 Å². The van der Waals surface area contributed by atoms with E-state index < -0.39 is 0 Å². The van der Waals surface area contributed by atoms with Gasteiger partial charge in [-0.05, 0) is 37.5 Å². The fourth-order valence-electron chi connectivity index (χ4n) is 1.99. The van der Waals surface area contributed by atoms with E-state index >= 15 is 0 Å². The second-order valence-corrected chi connectivity index (χ2v) is 4.43. The van der Waals surface area contributed by atoms with Crippen LogP contribution in [0.3, 0.4) is 0 Å². The first-order valence-electron chi connectivity index (χ1n) is 5.91. The lowest BCUT2D eigenvalue weighted by molar-refractivity contribution is 0.0696. The number of rotatable bonds is 2. The molecule has 1 aromatic rings. The summed E-state index contributed by atoms with van der Waals surface area (Å²) >= 11 is 0. The number of hydrogen-bond acceptors (Lipinski definition) is 3.